The van der Waals surface area contributed by atoms with Crippen LogP contribution in [0.25, 0.3) is 0 Å². The lowest BCUT2D eigenvalue weighted by atomic mass is 10.2. The first-order chi connectivity index (χ1) is 8.61. The zero-order valence-corrected chi connectivity index (χ0v) is 10.5. The molecular weight excluding hydrogens is 232 g/mol. The van der Waals surface area contributed by atoms with Gasteiger partial charge in [0.1, 0.15) is 17.1 Å². The fourth-order valence-corrected chi connectivity index (χ4v) is 1.63. The van der Waals surface area contributed by atoms with Crippen LogP contribution in [0.1, 0.15) is 21.7 Å². The second-order valence-electron chi connectivity index (χ2n) is 3.95. The molecule has 94 valence electrons. The number of rotatable bonds is 3. The first-order valence-corrected chi connectivity index (χ1v) is 5.49. The van der Waals surface area contributed by atoms with Crippen molar-refractivity contribution in [2.45, 2.75) is 13.8 Å². The number of aryl methyl sites for hydroxylation is 2. The Balaban J connectivity index is 2.27. The van der Waals surface area contributed by atoms with E-state index in [1.807, 2.05) is 25.1 Å². The average molecular weight is 246 g/mol. The molecule has 5 heteroatoms. The van der Waals surface area contributed by atoms with Gasteiger partial charge in [-0.05, 0) is 31.5 Å². The molecule has 2 aromatic rings. The topological polar surface area (TPSA) is 64.4 Å². The number of hydrogen-bond donors (Lipinski definition) is 1. The van der Waals surface area contributed by atoms with E-state index in [4.69, 9.17) is 9.26 Å². The van der Waals surface area contributed by atoms with Crippen molar-refractivity contribution in [3.63, 3.8) is 0 Å². The number of aromatic nitrogens is 1. The lowest BCUT2D eigenvalue weighted by molar-refractivity contribution is 0.102. The molecule has 0 bridgehead atoms. The molecule has 0 saturated carbocycles. The second kappa shape index (κ2) is 4.91. The molecule has 1 N–H and O–H groups in total. The van der Waals surface area contributed by atoms with E-state index >= 15 is 0 Å². The molecule has 5 nitrogen and oxygen atoms in total. The van der Waals surface area contributed by atoms with Crippen LogP contribution in [-0.4, -0.2) is 18.2 Å². The highest BCUT2D eigenvalue weighted by atomic mass is 16.5. The van der Waals surface area contributed by atoms with E-state index < -0.39 is 0 Å². The smallest absolute Gasteiger partial charge is 0.260 e. The lowest BCUT2D eigenvalue weighted by Crippen LogP contribution is -2.13. The summed E-state index contributed by atoms with van der Waals surface area (Å²) in [7, 11) is 1.56. The molecule has 1 heterocycles. The number of hydrogen-bond acceptors (Lipinski definition) is 4. The molecule has 1 aromatic heterocycles. The largest absolute Gasteiger partial charge is 0.495 e. The Hall–Kier alpha value is -2.30. The highest BCUT2D eigenvalue weighted by Gasteiger charge is 2.14. The predicted octanol–water partition coefficient (Wildman–Crippen LogP) is 2.55. The van der Waals surface area contributed by atoms with Gasteiger partial charge in [-0.1, -0.05) is 11.2 Å². The number of carbonyl (C=O) groups excluding carboxylic acids is 1. The van der Waals surface area contributed by atoms with Crippen LogP contribution in [0.4, 0.5) is 5.69 Å². The SMILES string of the molecule is COc1ccc(C)cc1NC(=O)c1cnoc1C. The lowest BCUT2D eigenvalue weighted by Gasteiger charge is -2.10. The Labute approximate surface area is 105 Å². The van der Waals surface area contributed by atoms with Crippen LogP contribution < -0.4 is 10.1 Å². The Morgan fingerprint density at radius 1 is 1.39 bits per heavy atom. The van der Waals surface area contributed by atoms with Gasteiger partial charge in [0.05, 0.1) is 19.0 Å². The summed E-state index contributed by atoms with van der Waals surface area (Å²) in [5.74, 6) is 0.833. The molecular formula is C13H14N2O3. The number of anilines is 1. The van der Waals surface area contributed by atoms with E-state index in [9.17, 15) is 4.79 Å². The Morgan fingerprint density at radius 3 is 2.78 bits per heavy atom. The minimum atomic E-state index is -0.266. The third-order valence-electron chi connectivity index (χ3n) is 2.60. The standard InChI is InChI=1S/C13H14N2O3/c1-8-4-5-12(17-3)11(6-8)15-13(16)10-7-14-18-9(10)2/h4-7H,1-3H3,(H,15,16). The van der Waals surface area contributed by atoms with Gasteiger partial charge in [-0.3, -0.25) is 4.79 Å². The van der Waals surface area contributed by atoms with Gasteiger partial charge in [-0.15, -0.1) is 0 Å². The summed E-state index contributed by atoms with van der Waals surface area (Å²) >= 11 is 0. The number of nitrogens with one attached hydrogen (secondary N) is 1. The minimum absolute atomic E-state index is 0.266. The molecule has 0 saturated heterocycles. The number of amides is 1. The monoisotopic (exact) mass is 246 g/mol. The van der Waals surface area contributed by atoms with E-state index in [0.29, 0.717) is 22.8 Å². The fraction of sp³-hybridized carbons (Fsp3) is 0.231. The van der Waals surface area contributed by atoms with Crippen molar-refractivity contribution in [1.82, 2.24) is 5.16 Å². The van der Waals surface area contributed by atoms with Crippen LogP contribution in [-0.2, 0) is 0 Å². The zero-order chi connectivity index (χ0) is 13.1. The Kier molecular flexibility index (Phi) is 3.32. The summed E-state index contributed by atoms with van der Waals surface area (Å²) in [5.41, 5.74) is 2.08. The van der Waals surface area contributed by atoms with E-state index in [0.717, 1.165) is 5.56 Å². The van der Waals surface area contributed by atoms with Crippen molar-refractivity contribution in [2.24, 2.45) is 0 Å². The molecule has 0 aliphatic carbocycles. The maximum atomic E-state index is 12.0. The second-order valence-corrected chi connectivity index (χ2v) is 3.95. The summed E-state index contributed by atoms with van der Waals surface area (Å²) < 4.78 is 10.1. The van der Waals surface area contributed by atoms with Crippen LogP contribution in [0.15, 0.2) is 28.9 Å². The van der Waals surface area contributed by atoms with Crippen molar-refractivity contribution < 1.29 is 14.1 Å². The molecule has 0 unspecified atom stereocenters. The summed E-state index contributed by atoms with van der Waals surface area (Å²) in [6, 6.07) is 5.57. The van der Waals surface area contributed by atoms with Gasteiger partial charge in [-0.25, -0.2) is 0 Å². The third kappa shape index (κ3) is 2.34. The highest BCUT2D eigenvalue weighted by Crippen LogP contribution is 2.25. The summed E-state index contributed by atoms with van der Waals surface area (Å²) in [6.07, 6.45) is 1.40. The van der Waals surface area contributed by atoms with E-state index in [-0.39, 0.29) is 5.91 Å². The highest BCUT2D eigenvalue weighted by molar-refractivity contribution is 6.05. The number of benzene rings is 1. The quantitative estimate of drug-likeness (QED) is 0.903. The number of carbonyl (C=O) groups is 1. The summed E-state index contributed by atoms with van der Waals surface area (Å²) in [4.78, 5) is 12.0. The third-order valence-corrected chi connectivity index (χ3v) is 2.60. The van der Waals surface area contributed by atoms with E-state index in [1.54, 1.807) is 14.0 Å². The van der Waals surface area contributed by atoms with Crippen molar-refractivity contribution >= 4 is 11.6 Å². The van der Waals surface area contributed by atoms with Crippen LogP contribution >= 0.6 is 0 Å². The molecule has 0 atom stereocenters. The first kappa shape index (κ1) is 12.2. The Bertz CT molecular complexity index is 575. The number of ether oxygens (including phenoxy) is 1. The van der Waals surface area contributed by atoms with E-state index in [1.165, 1.54) is 6.20 Å². The first-order valence-electron chi connectivity index (χ1n) is 5.49. The van der Waals surface area contributed by atoms with Crippen molar-refractivity contribution in [2.75, 3.05) is 12.4 Å². The van der Waals surface area contributed by atoms with Crippen LogP contribution in [0, 0.1) is 13.8 Å². The molecule has 0 spiro atoms. The van der Waals surface area contributed by atoms with Crippen molar-refractivity contribution in [3.8, 4) is 5.75 Å². The van der Waals surface area contributed by atoms with Gasteiger partial charge in [-0.2, -0.15) is 0 Å². The van der Waals surface area contributed by atoms with Gasteiger partial charge in [0, 0.05) is 0 Å². The maximum absolute atomic E-state index is 12.0. The van der Waals surface area contributed by atoms with Crippen LogP contribution in [0.2, 0.25) is 0 Å². The average Bonchev–Trinajstić information content (AvgIpc) is 2.76. The predicted molar refractivity (Wildman–Crippen MR) is 66.9 cm³/mol. The van der Waals surface area contributed by atoms with Gasteiger partial charge >= 0.3 is 0 Å². The fourth-order valence-electron chi connectivity index (χ4n) is 1.63. The molecule has 1 amide bonds. The molecule has 0 fully saturated rings. The molecule has 1 aromatic carbocycles. The zero-order valence-electron chi connectivity index (χ0n) is 10.5. The summed E-state index contributed by atoms with van der Waals surface area (Å²) in [6.45, 7) is 3.63. The van der Waals surface area contributed by atoms with Crippen LogP contribution in [0.3, 0.4) is 0 Å². The molecule has 2 rings (SSSR count). The van der Waals surface area contributed by atoms with Crippen molar-refractivity contribution in [1.29, 1.82) is 0 Å². The number of methoxy groups -OCH3 is 1. The molecule has 0 radical (unpaired) electrons. The summed E-state index contributed by atoms with van der Waals surface area (Å²) in [5, 5.41) is 6.36. The van der Waals surface area contributed by atoms with Crippen LogP contribution in [0.5, 0.6) is 5.75 Å². The minimum Gasteiger partial charge on any atom is -0.495 e. The maximum Gasteiger partial charge on any atom is 0.260 e. The van der Waals surface area contributed by atoms with E-state index in [2.05, 4.69) is 10.5 Å². The Morgan fingerprint density at radius 2 is 2.17 bits per heavy atom. The van der Waals surface area contributed by atoms with Gasteiger partial charge < -0.3 is 14.6 Å². The van der Waals surface area contributed by atoms with Gasteiger partial charge in [0.2, 0.25) is 0 Å². The van der Waals surface area contributed by atoms with Gasteiger partial charge in [0.15, 0.2) is 0 Å². The normalized spacial score (nSPS) is 10.2. The molecule has 0 aliphatic rings. The van der Waals surface area contributed by atoms with Crippen molar-refractivity contribution in [3.05, 3.63) is 41.3 Å². The molecule has 18 heavy (non-hydrogen) atoms. The molecule has 0 aliphatic heterocycles. The van der Waals surface area contributed by atoms with Gasteiger partial charge in [0.25, 0.3) is 5.91 Å². The number of nitrogens with zero attached hydrogens (tertiary/aromatic N) is 1.